The smallest absolute Gasteiger partial charge is 0.407 e. The van der Waals surface area contributed by atoms with Crippen molar-refractivity contribution in [3.05, 3.63) is 101 Å². The Kier molecular flexibility index (Phi) is 11.2. The number of hydrogen-bond donors (Lipinski definition) is 5. The van der Waals surface area contributed by atoms with Gasteiger partial charge in [-0.25, -0.2) is 9.18 Å². The molecule has 9 nitrogen and oxygen atoms in total. The number of nitrogens with one attached hydrogen (secondary N) is 2. The first-order valence-electron chi connectivity index (χ1n) is 15.2. The molecule has 0 fully saturated rings. The molecule has 3 aromatic carbocycles. The van der Waals surface area contributed by atoms with Gasteiger partial charge in [-0.15, -0.1) is 0 Å². The molecule has 1 aliphatic rings. The number of alkyl carbamates (subject to hydrolysis) is 1. The molecule has 6 atom stereocenters. The minimum atomic E-state index is -1.16. The largest absolute Gasteiger partial charge is 0.465 e. The fourth-order valence-electron chi connectivity index (χ4n) is 5.60. The first kappa shape index (κ1) is 33.9. The highest BCUT2D eigenvalue weighted by Gasteiger charge is 2.36. The molecule has 5 N–H and O–H groups in total. The molecule has 0 saturated carbocycles. The predicted molar refractivity (Wildman–Crippen MR) is 167 cm³/mol. The fraction of sp³-hybridized carbons (Fsp3) is 0.429. The average molecular weight is 623 g/mol. The minimum absolute atomic E-state index is 0.0378. The van der Waals surface area contributed by atoms with Crippen LogP contribution in [0.1, 0.15) is 62.4 Å². The summed E-state index contributed by atoms with van der Waals surface area (Å²) in [6.45, 7) is 6.73. The summed E-state index contributed by atoms with van der Waals surface area (Å²) < 4.78 is 25.2. The third-order valence-electron chi connectivity index (χ3n) is 7.66. The van der Waals surface area contributed by atoms with Crippen LogP contribution in [0, 0.1) is 11.7 Å². The van der Waals surface area contributed by atoms with Crippen LogP contribution in [0.2, 0.25) is 0 Å². The van der Waals surface area contributed by atoms with E-state index in [0.717, 1.165) is 11.1 Å². The first-order valence-corrected chi connectivity index (χ1v) is 15.2. The highest BCUT2D eigenvalue weighted by molar-refractivity contribution is 5.80. The van der Waals surface area contributed by atoms with Crippen molar-refractivity contribution >= 4 is 12.0 Å². The van der Waals surface area contributed by atoms with E-state index >= 15 is 0 Å². The zero-order valence-electron chi connectivity index (χ0n) is 26.1. The molecule has 5 unspecified atom stereocenters. The van der Waals surface area contributed by atoms with Gasteiger partial charge in [0.2, 0.25) is 5.91 Å². The molecular weight excluding hydrogens is 579 g/mol. The van der Waals surface area contributed by atoms with Gasteiger partial charge in [0, 0.05) is 12.3 Å². The second kappa shape index (κ2) is 14.9. The van der Waals surface area contributed by atoms with Crippen molar-refractivity contribution in [1.29, 1.82) is 0 Å². The molecule has 1 aliphatic carbocycles. The van der Waals surface area contributed by atoms with E-state index in [0.29, 0.717) is 16.9 Å². The summed E-state index contributed by atoms with van der Waals surface area (Å²) in [6, 6.07) is 19.2. The van der Waals surface area contributed by atoms with Gasteiger partial charge in [-0.1, -0.05) is 54.6 Å². The first-order chi connectivity index (χ1) is 21.3. The van der Waals surface area contributed by atoms with E-state index in [1.165, 1.54) is 13.0 Å². The quantitative estimate of drug-likeness (QED) is 0.189. The van der Waals surface area contributed by atoms with Gasteiger partial charge in [0.15, 0.2) is 6.29 Å². The SMILES string of the molecule is C[C@H](O)Oc1ccc(CC(CC(O)C(Cc2ccccc2)NC(=O)OC(C)(C)C)C(=O)NC2c3cccc(F)c3CC2O)cc1. The molecule has 4 rings (SSSR count). The summed E-state index contributed by atoms with van der Waals surface area (Å²) in [5.74, 6) is -1.22. The summed E-state index contributed by atoms with van der Waals surface area (Å²) >= 11 is 0. The van der Waals surface area contributed by atoms with E-state index in [4.69, 9.17) is 9.47 Å². The molecule has 0 saturated heterocycles. The topological polar surface area (TPSA) is 137 Å². The third kappa shape index (κ3) is 9.75. The van der Waals surface area contributed by atoms with Crippen molar-refractivity contribution in [1.82, 2.24) is 10.6 Å². The Morgan fingerprint density at radius 2 is 1.62 bits per heavy atom. The van der Waals surface area contributed by atoms with Crippen molar-refractivity contribution in [2.45, 2.75) is 89.6 Å². The lowest BCUT2D eigenvalue weighted by molar-refractivity contribution is -0.127. The molecule has 3 aromatic rings. The zero-order valence-corrected chi connectivity index (χ0v) is 26.1. The number of halogens is 1. The number of benzene rings is 3. The minimum Gasteiger partial charge on any atom is -0.465 e. The number of aliphatic hydroxyl groups excluding tert-OH is 3. The molecule has 0 radical (unpaired) electrons. The molecule has 0 aromatic heterocycles. The van der Waals surface area contributed by atoms with Crippen molar-refractivity contribution < 1.29 is 38.8 Å². The number of hydrogen-bond acceptors (Lipinski definition) is 7. The Hall–Kier alpha value is -3.99. The van der Waals surface area contributed by atoms with Crippen LogP contribution in [-0.2, 0) is 28.8 Å². The highest BCUT2D eigenvalue weighted by Crippen LogP contribution is 2.34. The molecule has 0 spiro atoms. The van der Waals surface area contributed by atoms with Gasteiger partial charge in [0.05, 0.1) is 24.3 Å². The van der Waals surface area contributed by atoms with E-state index in [1.807, 2.05) is 30.3 Å². The second-order valence-electron chi connectivity index (χ2n) is 12.6. The normalized spacial score (nSPS) is 18.7. The maximum absolute atomic E-state index is 14.5. The van der Waals surface area contributed by atoms with E-state index < -0.39 is 59.9 Å². The lowest BCUT2D eigenvalue weighted by Crippen LogP contribution is -2.48. The fourth-order valence-corrected chi connectivity index (χ4v) is 5.60. The Morgan fingerprint density at radius 3 is 2.27 bits per heavy atom. The predicted octanol–water partition coefficient (Wildman–Crippen LogP) is 4.36. The molecule has 45 heavy (non-hydrogen) atoms. The summed E-state index contributed by atoms with van der Waals surface area (Å²) in [6.07, 6.45) is -3.32. The van der Waals surface area contributed by atoms with Crippen molar-refractivity contribution in [3.63, 3.8) is 0 Å². The van der Waals surface area contributed by atoms with E-state index in [2.05, 4.69) is 10.6 Å². The van der Waals surface area contributed by atoms with Gasteiger partial charge in [-0.2, -0.15) is 0 Å². The van der Waals surface area contributed by atoms with E-state index in [1.54, 1.807) is 57.2 Å². The highest BCUT2D eigenvalue weighted by atomic mass is 19.1. The van der Waals surface area contributed by atoms with Crippen LogP contribution in [0.25, 0.3) is 0 Å². The monoisotopic (exact) mass is 622 g/mol. The standard InChI is InChI=1S/C35H43FN2O7/c1-21(39)44-25-15-13-23(14-16-25)17-24(33(42)38-32-26-11-8-12-28(36)27(26)20-31(32)41)19-30(40)29(18-22-9-6-5-7-10-22)37-34(43)45-35(2,3)4/h5-16,21,24,29-32,39-41H,17-20H2,1-4H3,(H,37,43)(H,38,42)/t21-,24?,29?,30?,31?,32?/m1/s1. The Balaban J connectivity index is 1.58. The van der Waals surface area contributed by atoms with Crippen LogP contribution in [0.3, 0.4) is 0 Å². The summed E-state index contributed by atoms with van der Waals surface area (Å²) in [5.41, 5.74) is 1.77. The maximum Gasteiger partial charge on any atom is 0.407 e. The lowest BCUT2D eigenvalue weighted by atomic mass is 9.88. The Morgan fingerprint density at radius 1 is 0.956 bits per heavy atom. The van der Waals surface area contributed by atoms with Crippen molar-refractivity contribution in [3.8, 4) is 5.75 Å². The van der Waals surface area contributed by atoms with E-state index in [-0.39, 0.29) is 25.7 Å². The Bertz CT molecular complexity index is 1430. The van der Waals surface area contributed by atoms with Crippen molar-refractivity contribution in [2.75, 3.05) is 0 Å². The van der Waals surface area contributed by atoms with Gasteiger partial charge < -0.3 is 35.4 Å². The second-order valence-corrected chi connectivity index (χ2v) is 12.6. The molecule has 0 aliphatic heterocycles. The van der Waals surface area contributed by atoms with Gasteiger partial charge in [0.1, 0.15) is 17.2 Å². The van der Waals surface area contributed by atoms with Crippen LogP contribution in [0.5, 0.6) is 5.75 Å². The lowest BCUT2D eigenvalue weighted by Gasteiger charge is -2.29. The number of carbonyl (C=O) groups excluding carboxylic acids is 2. The van der Waals surface area contributed by atoms with Crippen LogP contribution in [0.4, 0.5) is 9.18 Å². The molecule has 0 bridgehead atoms. The van der Waals surface area contributed by atoms with Gasteiger partial charge in [0.25, 0.3) is 0 Å². The van der Waals surface area contributed by atoms with Crippen LogP contribution < -0.4 is 15.4 Å². The Labute approximate surface area is 263 Å². The van der Waals surface area contributed by atoms with Gasteiger partial charge in [-0.3, -0.25) is 4.79 Å². The number of aliphatic hydroxyl groups is 3. The average Bonchev–Trinajstić information content (AvgIpc) is 3.28. The van der Waals surface area contributed by atoms with Crippen LogP contribution >= 0.6 is 0 Å². The van der Waals surface area contributed by atoms with Crippen LogP contribution in [-0.4, -0.2) is 57.5 Å². The van der Waals surface area contributed by atoms with Crippen molar-refractivity contribution in [2.24, 2.45) is 5.92 Å². The molecule has 10 heteroatoms. The van der Waals surface area contributed by atoms with E-state index in [9.17, 15) is 29.3 Å². The molecular formula is C35H43FN2O7. The summed E-state index contributed by atoms with van der Waals surface area (Å²) in [7, 11) is 0. The number of carbonyl (C=O) groups is 2. The molecule has 242 valence electrons. The summed E-state index contributed by atoms with van der Waals surface area (Å²) in [4.78, 5) is 26.7. The number of amides is 2. The molecule has 2 amide bonds. The maximum atomic E-state index is 14.5. The number of rotatable bonds is 12. The van der Waals surface area contributed by atoms with Crippen LogP contribution in [0.15, 0.2) is 72.8 Å². The number of fused-ring (bicyclic) bond motifs is 1. The van der Waals surface area contributed by atoms with Gasteiger partial charge in [-0.05, 0) is 87.4 Å². The zero-order chi connectivity index (χ0) is 32.7. The number of ether oxygens (including phenoxy) is 2. The van der Waals surface area contributed by atoms with Gasteiger partial charge >= 0.3 is 6.09 Å². The summed E-state index contributed by atoms with van der Waals surface area (Å²) in [5, 5.41) is 37.5. The third-order valence-corrected chi connectivity index (χ3v) is 7.66. The molecule has 0 heterocycles.